The highest BCUT2D eigenvalue weighted by Gasteiger charge is 2.09. The minimum absolute atomic E-state index is 0.0317. The Morgan fingerprint density at radius 3 is 2.81 bits per heavy atom. The molecule has 27 heavy (non-hydrogen) atoms. The maximum absolute atomic E-state index is 13.0. The zero-order chi connectivity index (χ0) is 19.2. The smallest absolute Gasteiger partial charge is 0.270 e. The van der Waals surface area contributed by atoms with Crippen LogP contribution in [0.2, 0.25) is 0 Å². The Morgan fingerprint density at radius 1 is 1.30 bits per heavy atom. The zero-order valence-electron chi connectivity index (χ0n) is 13.8. The minimum atomic E-state index is -0.503. The molecule has 0 aliphatic carbocycles. The summed E-state index contributed by atoms with van der Waals surface area (Å²) >= 11 is 1.36. The monoisotopic (exact) mass is 384 g/mol. The average Bonchev–Trinajstić information content (AvgIpc) is 3.11. The van der Waals surface area contributed by atoms with Crippen molar-refractivity contribution >= 4 is 29.1 Å². The quantitative estimate of drug-likeness (QED) is 0.399. The number of hydrogen-bond donors (Lipinski definition) is 1. The molecule has 0 spiro atoms. The van der Waals surface area contributed by atoms with Gasteiger partial charge in [0.15, 0.2) is 0 Å². The van der Waals surface area contributed by atoms with Crippen molar-refractivity contribution < 1.29 is 14.1 Å². The topological polar surface area (TPSA) is 97.5 Å². The summed E-state index contributed by atoms with van der Waals surface area (Å²) in [4.78, 5) is 26.5. The number of amides is 1. The highest BCUT2D eigenvalue weighted by atomic mass is 32.1. The molecule has 1 N–H and O–H groups in total. The Morgan fingerprint density at radius 2 is 2.07 bits per heavy atom. The van der Waals surface area contributed by atoms with Crippen LogP contribution in [0.3, 0.4) is 0 Å². The van der Waals surface area contributed by atoms with Gasteiger partial charge in [-0.2, -0.15) is 5.10 Å². The van der Waals surface area contributed by atoms with Crippen molar-refractivity contribution in [3.05, 3.63) is 81.1 Å². The molecule has 7 nitrogen and oxygen atoms in total. The fraction of sp³-hybridized carbons (Fsp3) is 0.0556. The molecule has 0 bridgehead atoms. The Bertz CT molecular complexity index is 1000. The molecule has 1 aromatic heterocycles. The van der Waals surface area contributed by atoms with Crippen LogP contribution in [0.4, 0.5) is 10.1 Å². The summed E-state index contributed by atoms with van der Waals surface area (Å²) in [6.45, 7) is 0. The van der Waals surface area contributed by atoms with Gasteiger partial charge in [0.1, 0.15) is 10.8 Å². The normalized spacial score (nSPS) is 10.9. The van der Waals surface area contributed by atoms with Gasteiger partial charge in [0.05, 0.1) is 23.3 Å². The fourth-order valence-corrected chi connectivity index (χ4v) is 3.04. The number of hydrogen-bond acceptors (Lipinski definition) is 6. The van der Waals surface area contributed by atoms with E-state index in [1.807, 2.05) is 0 Å². The highest BCUT2D eigenvalue weighted by molar-refractivity contribution is 7.13. The lowest BCUT2D eigenvalue weighted by Crippen LogP contribution is -2.19. The van der Waals surface area contributed by atoms with E-state index in [9.17, 15) is 19.3 Å². The van der Waals surface area contributed by atoms with E-state index in [2.05, 4.69) is 15.5 Å². The van der Waals surface area contributed by atoms with Gasteiger partial charge in [-0.3, -0.25) is 14.9 Å². The van der Waals surface area contributed by atoms with Crippen molar-refractivity contribution in [1.29, 1.82) is 0 Å². The SMILES string of the molecule is O=C(Cc1csc(-c2ccc(F)cc2)n1)N/N=C\c1cccc([N+](=O)[O-])c1. The van der Waals surface area contributed by atoms with Crippen LogP contribution >= 0.6 is 11.3 Å². The zero-order valence-corrected chi connectivity index (χ0v) is 14.6. The van der Waals surface area contributed by atoms with E-state index in [4.69, 9.17) is 0 Å². The molecule has 1 amide bonds. The number of thiazole rings is 1. The molecule has 0 saturated heterocycles. The first-order valence-corrected chi connectivity index (χ1v) is 8.66. The second-order valence-electron chi connectivity index (χ2n) is 5.47. The standard InChI is InChI=1S/C18H13FN4O3S/c19-14-6-4-13(5-7-14)18-21-15(11-27-18)9-17(24)22-20-10-12-2-1-3-16(8-12)23(25)26/h1-8,10-11H,9H2,(H,22,24)/b20-10-. The summed E-state index contributed by atoms with van der Waals surface area (Å²) < 4.78 is 13.0. The largest absolute Gasteiger partial charge is 0.273 e. The highest BCUT2D eigenvalue weighted by Crippen LogP contribution is 2.24. The van der Waals surface area contributed by atoms with Crippen LogP contribution in [0.5, 0.6) is 0 Å². The molecule has 0 unspecified atom stereocenters. The van der Waals surface area contributed by atoms with Gasteiger partial charge in [-0.25, -0.2) is 14.8 Å². The fourth-order valence-electron chi connectivity index (χ4n) is 2.21. The van der Waals surface area contributed by atoms with E-state index in [0.29, 0.717) is 16.3 Å². The molecule has 0 radical (unpaired) electrons. The van der Waals surface area contributed by atoms with Crippen molar-refractivity contribution in [3.8, 4) is 10.6 Å². The number of carbonyl (C=O) groups is 1. The Labute approximate surface area is 157 Å². The van der Waals surface area contributed by atoms with Crippen LogP contribution in [0, 0.1) is 15.9 Å². The molecular weight excluding hydrogens is 371 g/mol. The van der Waals surface area contributed by atoms with Gasteiger partial charge in [0, 0.05) is 28.6 Å². The lowest BCUT2D eigenvalue weighted by Gasteiger charge is -1.98. The molecule has 136 valence electrons. The van der Waals surface area contributed by atoms with Crippen molar-refractivity contribution in [2.45, 2.75) is 6.42 Å². The number of benzene rings is 2. The van der Waals surface area contributed by atoms with Crippen LogP contribution < -0.4 is 5.43 Å². The van der Waals surface area contributed by atoms with E-state index in [-0.39, 0.29) is 23.8 Å². The lowest BCUT2D eigenvalue weighted by molar-refractivity contribution is -0.384. The number of carbonyl (C=O) groups excluding carboxylic acids is 1. The molecule has 0 aliphatic rings. The Kier molecular flexibility index (Phi) is 5.62. The summed E-state index contributed by atoms with van der Waals surface area (Å²) in [5.74, 6) is -0.691. The predicted molar refractivity (Wildman–Crippen MR) is 100 cm³/mol. The van der Waals surface area contributed by atoms with Gasteiger partial charge in [0.25, 0.3) is 5.69 Å². The average molecular weight is 384 g/mol. The molecule has 3 rings (SSSR count). The molecule has 9 heteroatoms. The van der Waals surface area contributed by atoms with Crippen molar-refractivity contribution in [3.63, 3.8) is 0 Å². The van der Waals surface area contributed by atoms with Crippen LogP contribution in [0.25, 0.3) is 10.6 Å². The van der Waals surface area contributed by atoms with Gasteiger partial charge in [-0.05, 0) is 24.3 Å². The molecule has 0 atom stereocenters. The lowest BCUT2D eigenvalue weighted by atomic mass is 10.2. The summed E-state index contributed by atoms with van der Waals surface area (Å²) in [6, 6.07) is 11.9. The summed E-state index contributed by atoms with van der Waals surface area (Å²) in [6.07, 6.45) is 1.36. The summed E-state index contributed by atoms with van der Waals surface area (Å²) in [5, 5.41) is 17.0. The molecule has 1 heterocycles. The van der Waals surface area contributed by atoms with Crippen molar-refractivity contribution in [2.75, 3.05) is 0 Å². The van der Waals surface area contributed by atoms with Gasteiger partial charge >= 0.3 is 0 Å². The first-order chi connectivity index (χ1) is 13.0. The molecule has 3 aromatic rings. The van der Waals surface area contributed by atoms with E-state index in [0.717, 1.165) is 5.56 Å². The first-order valence-electron chi connectivity index (χ1n) is 7.78. The van der Waals surface area contributed by atoms with Gasteiger partial charge in [-0.1, -0.05) is 12.1 Å². The van der Waals surface area contributed by atoms with E-state index in [1.54, 1.807) is 23.6 Å². The molecule has 0 saturated carbocycles. The van der Waals surface area contributed by atoms with Gasteiger partial charge in [0.2, 0.25) is 5.91 Å². The van der Waals surface area contributed by atoms with Crippen LogP contribution in [-0.2, 0) is 11.2 Å². The Balaban J connectivity index is 1.57. The second kappa shape index (κ2) is 8.28. The number of halogens is 1. The number of non-ortho nitro benzene ring substituents is 1. The number of aromatic nitrogens is 1. The number of hydrazone groups is 1. The van der Waals surface area contributed by atoms with Crippen molar-refractivity contribution in [1.82, 2.24) is 10.4 Å². The maximum atomic E-state index is 13.0. The number of nitro benzene ring substituents is 1. The number of nitrogens with one attached hydrogen (secondary N) is 1. The van der Waals surface area contributed by atoms with Crippen LogP contribution in [0.15, 0.2) is 59.0 Å². The number of nitrogens with zero attached hydrogens (tertiary/aromatic N) is 3. The van der Waals surface area contributed by atoms with E-state index < -0.39 is 4.92 Å². The van der Waals surface area contributed by atoms with Crippen LogP contribution in [0.1, 0.15) is 11.3 Å². The summed E-state index contributed by atoms with van der Waals surface area (Å²) in [7, 11) is 0. The molecule has 0 fully saturated rings. The molecule has 2 aromatic carbocycles. The van der Waals surface area contributed by atoms with E-state index >= 15 is 0 Å². The molecule has 0 aliphatic heterocycles. The van der Waals surface area contributed by atoms with Gasteiger partial charge < -0.3 is 0 Å². The predicted octanol–water partition coefficient (Wildman–Crippen LogP) is 3.55. The van der Waals surface area contributed by atoms with Gasteiger partial charge in [-0.15, -0.1) is 11.3 Å². The maximum Gasteiger partial charge on any atom is 0.270 e. The number of nitro groups is 1. The first kappa shape index (κ1) is 18.3. The van der Waals surface area contributed by atoms with Crippen molar-refractivity contribution in [2.24, 2.45) is 5.10 Å². The van der Waals surface area contributed by atoms with E-state index in [1.165, 1.54) is 47.9 Å². The Hall–Kier alpha value is -3.46. The third kappa shape index (κ3) is 5.02. The summed E-state index contributed by atoms with van der Waals surface area (Å²) in [5.41, 5.74) is 4.15. The third-order valence-electron chi connectivity index (χ3n) is 3.47. The third-order valence-corrected chi connectivity index (χ3v) is 4.41. The minimum Gasteiger partial charge on any atom is -0.273 e. The van der Waals surface area contributed by atoms with Crippen LogP contribution in [-0.4, -0.2) is 22.0 Å². The second-order valence-corrected chi connectivity index (χ2v) is 6.33. The molecular formula is C18H13FN4O3S. The number of rotatable bonds is 6.